The van der Waals surface area contributed by atoms with E-state index in [0.717, 1.165) is 48.7 Å². The molecule has 2 fully saturated rings. The fourth-order valence-electron chi connectivity index (χ4n) is 5.95. The number of nitrogens with zero attached hydrogens (tertiary/aromatic N) is 2. The minimum atomic E-state index is -0.590. The number of hydrogen-bond donors (Lipinski definition) is 2. The summed E-state index contributed by atoms with van der Waals surface area (Å²) in [5.41, 5.74) is 6.30. The molecule has 0 bridgehead atoms. The van der Waals surface area contributed by atoms with E-state index >= 15 is 0 Å². The van der Waals surface area contributed by atoms with Crippen molar-refractivity contribution >= 4 is 35.0 Å². The summed E-state index contributed by atoms with van der Waals surface area (Å²) in [4.78, 5) is 40.9. The van der Waals surface area contributed by atoms with E-state index in [1.54, 1.807) is 4.90 Å². The molecule has 6 rings (SSSR count). The second-order valence-corrected chi connectivity index (χ2v) is 11.1. The van der Waals surface area contributed by atoms with Crippen LogP contribution < -0.4 is 10.6 Å². The van der Waals surface area contributed by atoms with Crippen LogP contribution in [-0.2, 0) is 22.7 Å². The molecule has 1 unspecified atom stereocenters. The first-order chi connectivity index (χ1) is 18.9. The van der Waals surface area contributed by atoms with E-state index in [-0.39, 0.29) is 24.1 Å². The maximum Gasteiger partial charge on any atom is 0.255 e. The van der Waals surface area contributed by atoms with Gasteiger partial charge in [0.1, 0.15) is 6.04 Å². The average molecular weight is 543 g/mol. The number of benzene rings is 3. The Morgan fingerprint density at radius 3 is 2.44 bits per heavy atom. The highest BCUT2D eigenvalue weighted by Gasteiger charge is 2.39. The van der Waals surface area contributed by atoms with Crippen LogP contribution in [0.1, 0.15) is 47.2 Å². The molecule has 200 valence electrons. The number of nitrogens with one attached hydrogen (secondary N) is 2. The number of carbonyl (C=O) groups is 3. The summed E-state index contributed by atoms with van der Waals surface area (Å²) in [6.07, 6.45) is 2.69. The molecular weight excluding hydrogens is 512 g/mol. The van der Waals surface area contributed by atoms with Crippen molar-refractivity contribution in [1.82, 2.24) is 15.1 Å². The van der Waals surface area contributed by atoms with Crippen LogP contribution in [-0.4, -0.2) is 52.7 Å². The van der Waals surface area contributed by atoms with Gasteiger partial charge >= 0.3 is 0 Å². The Morgan fingerprint density at radius 1 is 0.897 bits per heavy atom. The zero-order valence-corrected chi connectivity index (χ0v) is 22.4. The lowest BCUT2D eigenvalue weighted by molar-refractivity contribution is -0.136. The molecule has 3 aliphatic rings. The van der Waals surface area contributed by atoms with Gasteiger partial charge in [-0.05, 0) is 71.8 Å². The molecule has 2 N–H and O–H groups in total. The highest BCUT2D eigenvalue weighted by molar-refractivity contribution is 6.30. The highest BCUT2D eigenvalue weighted by Crippen LogP contribution is 2.31. The van der Waals surface area contributed by atoms with Crippen LogP contribution in [0.3, 0.4) is 0 Å². The van der Waals surface area contributed by atoms with E-state index in [0.29, 0.717) is 24.6 Å². The third-order valence-corrected chi connectivity index (χ3v) is 8.30. The molecule has 7 nitrogen and oxygen atoms in total. The molecule has 0 aliphatic carbocycles. The molecule has 3 aromatic carbocycles. The average Bonchev–Trinajstić information content (AvgIpc) is 3.26. The molecule has 3 amide bonds. The van der Waals surface area contributed by atoms with Crippen LogP contribution in [0.5, 0.6) is 0 Å². The van der Waals surface area contributed by atoms with Crippen LogP contribution in [0.25, 0.3) is 11.1 Å². The monoisotopic (exact) mass is 542 g/mol. The van der Waals surface area contributed by atoms with Gasteiger partial charge in [-0.25, -0.2) is 0 Å². The summed E-state index contributed by atoms with van der Waals surface area (Å²) < 4.78 is 0. The van der Waals surface area contributed by atoms with Gasteiger partial charge in [-0.15, -0.1) is 0 Å². The van der Waals surface area contributed by atoms with Crippen molar-refractivity contribution in [2.24, 2.45) is 0 Å². The number of halogens is 1. The molecule has 8 heteroatoms. The Kier molecular flexibility index (Phi) is 7.11. The molecule has 0 saturated carbocycles. The SMILES string of the molecule is O=C1CCC(N2Cc3cc(NC4CCN(Cc5ccccc5-c5ccc(Cl)cc5)CC4)ccc3C2=O)C(=O)N1. The fraction of sp³-hybridized carbons (Fsp3) is 0.323. The van der Waals surface area contributed by atoms with Crippen molar-refractivity contribution < 1.29 is 14.4 Å². The number of imide groups is 1. The second-order valence-electron chi connectivity index (χ2n) is 10.6. The standard InChI is InChI=1S/C31H31ClN4O3/c32-23-7-5-20(6-8-23)26-4-2-1-3-21(26)18-35-15-13-24(14-16-35)33-25-9-10-27-22(17-25)19-36(31(27)39)28-11-12-29(37)34-30(28)38/h1-10,17,24,28,33H,11-16,18-19H2,(H,34,37,38). The first-order valence-corrected chi connectivity index (χ1v) is 13.9. The fourth-order valence-corrected chi connectivity index (χ4v) is 6.07. The van der Waals surface area contributed by atoms with Gasteiger partial charge in [0, 0.05) is 54.9 Å². The molecule has 0 radical (unpaired) electrons. The predicted octanol–water partition coefficient (Wildman–Crippen LogP) is 4.84. The quantitative estimate of drug-likeness (QED) is 0.435. The smallest absolute Gasteiger partial charge is 0.255 e. The van der Waals surface area contributed by atoms with Crippen molar-refractivity contribution in [2.45, 2.75) is 50.9 Å². The number of piperidine rings is 2. The number of amides is 3. The molecule has 0 aromatic heterocycles. The first kappa shape index (κ1) is 25.6. The zero-order valence-electron chi connectivity index (χ0n) is 21.7. The van der Waals surface area contributed by atoms with Crippen molar-refractivity contribution in [3.8, 4) is 11.1 Å². The summed E-state index contributed by atoms with van der Waals surface area (Å²) in [6, 6.07) is 22.2. The number of carbonyl (C=O) groups excluding carboxylic acids is 3. The summed E-state index contributed by atoms with van der Waals surface area (Å²) in [5, 5.41) is 6.77. The van der Waals surface area contributed by atoms with Gasteiger partial charge < -0.3 is 10.2 Å². The van der Waals surface area contributed by atoms with Crippen LogP contribution in [0.4, 0.5) is 5.69 Å². The minimum Gasteiger partial charge on any atom is -0.382 e. The first-order valence-electron chi connectivity index (χ1n) is 13.5. The van der Waals surface area contributed by atoms with Crippen molar-refractivity contribution in [2.75, 3.05) is 18.4 Å². The summed E-state index contributed by atoms with van der Waals surface area (Å²) >= 11 is 6.09. The van der Waals surface area contributed by atoms with E-state index < -0.39 is 6.04 Å². The van der Waals surface area contributed by atoms with Crippen molar-refractivity contribution in [1.29, 1.82) is 0 Å². The Bertz CT molecular complexity index is 1420. The summed E-state index contributed by atoms with van der Waals surface area (Å²) in [6.45, 7) is 3.29. The van der Waals surface area contributed by atoms with Gasteiger partial charge in [0.25, 0.3) is 5.91 Å². The van der Waals surface area contributed by atoms with Gasteiger partial charge in [-0.2, -0.15) is 0 Å². The number of likely N-dealkylation sites (tertiary alicyclic amines) is 1. The number of hydrogen-bond acceptors (Lipinski definition) is 5. The van der Waals surface area contributed by atoms with Crippen molar-refractivity contribution in [3.63, 3.8) is 0 Å². The van der Waals surface area contributed by atoms with Gasteiger partial charge in [0.15, 0.2) is 0 Å². The van der Waals surface area contributed by atoms with E-state index in [1.165, 1.54) is 16.7 Å². The van der Waals surface area contributed by atoms with E-state index in [4.69, 9.17) is 11.6 Å². The molecule has 3 heterocycles. The third kappa shape index (κ3) is 5.42. The maximum atomic E-state index is 13.0. The predicted molar refractivity (Wildman–Crippen MR) is 151 cm³/mol. The lowest BCUT2D eigenvalue weighted by Crippen LogP contribution is -2.52. The van der Waals surface area contributed by atoms with Crippen LogP contribution >= 0.6 is 11.6 Å². The lowest BCUT2D eigenvalue weighted by atomic mass is 9.98. The van der Waals surface area contributed by atoms with Crippen LogP contribution in [0, 0.1) is 0 Å². The van der Waals surface area contributed by atoms with E-state index in [2.05, 4.69) is 51.9 Å². The Labute approximate surface area is 233 Å². The molecule has 3 aliphatic heterocycles. The topological polar surface area (TPSA) is 81.8 Å². The number of anilines is 1. The maximum absolute atomic E-state index is 13.0. The van der Waals surface area contributed by atoms with E-state index in [9.17, 15) is 14.4 Å². The van der Waals surface area contributed by atoms with E-state index in [1.807, 2.05) is 30.3 Å². The molecular formula is C31H31ClN4O3. The van der Waals surface area contributed by atoms with Gasteiger partial charge in [-0.1, -0.05) is 48.0 Å². The summed E-state index contributed by atoms with van der Waals surface area (Å²) in [7, 11) is 0. The van der Waals surface area contributed by atoms with Gasteiger partial charge in [-0.3, -0.25) is 24.6 Å². The minimum absolute atomic E-state index is 0.141. The molecule has 0 spiro atoms. The van der Waals surface area contributed by atoms with Crippen LogP contribution in [0.15, 0.2) is 66.7 Å². The Hall–Kier alpha value is -3.68. The highest BCUT2D eigenvalue weighted by atomic mass is 35.5. The largest absolute Gasteiger partial charge is 0.382 e. The van der Waals surface area contributed by atoms with Gasteiger partial charge in [0.05, 0.1) is 0 Å². The lowest BCUT2D eigenvalue weighted by Gasteiger charge is -2.33. The molecule has 1 atom stereocenters. The zero-order chi connectivity index (χ0) is 26.9. The van der Waals surface area contributed by atoms with Crippen molar-refractivity contribution in [3.05, 3.63) is 88.4 Å². The second kappa shape index (κ2) is 10.8. The Morgan fingerprint density at radius 2 is 1.67 bits per heavy atom. The summed E-state index contributed by atoms with van der Waals surface area (Å²) in [5.74, 6) is -0.796. The molecule has 3 aromatic rings. The Balaban J connectivity index is 1.06. The van der Waals surface area contributed by atoms with Crippen LogP contribution in [0.2, 0.25) is 5.02 Å². The number of fused-ring (bicyclic) bond motifs is 1. The molecule has 2 saturated heterocycles. The third-order valence-electron chi connectivity index (χ3n) is 8.05. The normalized spacial score (nSPS) is 20.2. The number of rotatable bonds is 6. The van der Waals surface area contributed by atoms with Gasteiger partial charge in [0.2, 0.25) is 11.8 Å². The molecule has 39 heavy (non-hydrogen) atoms.